The van der Waals surface area contributed by atoms with E-state index in [1.54, 1.807) is 0 Å². The number of rotatable bonds is 6. The smallest absolute Gasteiger partial charge is 0.396 e. The number of nitrogens with zero attached hydrogens (tertiary/aromatic N) is 3. The molecule has 14 heteroatoms. The first kappa shape index (κ1) is 18.9. The fraction of sp³-hybridized carbons (Fsp3) is 0.583. The third-order valence-corrected chi connectivity index (χ3v) is 4.59. The van der Waals surface area contributed by atoms with Gasteiger partial charge in [0, 0.05) is 19.4 Å². The number of aliphatic hydroxyl groups is 2. The first-order valence-electron chi connectivity index (χ1n) is 7.55. The summed E-state index contributed by atoms with van der Waals surface area (Å²) in [6.07, 6.45) is -1.02. The molecule has 0 unspecified atom stereocenters. The number of phosphoric acid groups is 1. The molecule has 2 aromatic rings. The van der Waals surface area contributed by atoms with Gasteiger partial charge in [0.2, 0.25) is 5.95 Å². The summed E-state index contributed by atoms with van der Waals surface area (Å²) in [7, 11) is -4.75. The summed E-state index contributed by atoms with van der Waals surface area (Å²) in [5, 5.41) is 19.7. The molecule has 7 N–H and O–H groups in total. The van der Waals surface area contributed by atoms with Gasteiger partial charge in [-0.15, -0.1) is 0 Å². The van der Waals surface area contributed by atoms with Gasteiger partial charge in [-0.2, -0.15) is 4.98 Å². The number of hydrogen-bond donors (Lipinski definition) is 6. The van der Waals surface area contributed by atoms with E-state index in [-0.39, 0.29) is 36.6 Å². The normalized spacial score (nSPS) is 26.6. The number of nitrogens with two attached hydrogens (primary N) is 1. The Morgan fingerprint density at radius 3 is 2.92 bits per heavy atom. The SMILES string of the molecule is Nc1nc2c(ncn2[C@@]2(CCO)C[C@H](O)[C@@H](COP(=O)(O)O)O2)c(=O)[nH]1. The number of nitrogen functional groups attached to an aromatic ring is 1. The molecule has 0 radical (unpaired) electrons. The molecule has 1 saturated heterocycles. The molecule has 0 bridgehead atoms. The minimum Gasteiger partial charge on any atom is -0.396 e. The van der Waals surface area contributed by atoms with Crippen molar-refractivity contribution in [1.29, 1.82) is 0 Å². The van der Waals surface area contributed by atoms with Gasteiger partial charge >= 0.3 is 7.82 Å². The minimum atomic E-state index is -4.75. The second kappa shape index (κ2) is 6.70. The quantitative estimate of drug-likeness (QED) is 0.297. The van der Waals surface area contributed by atoms with Crippen molar-refractivity contribution in [3.63, 3.8) is 0 Å². The number of fused-ring (bicyclic) bond motifs is 1. The summed E-state index contributed by atoms with van der Waals surface area (Å²) in [6.45, 7) is -0.904. The Morgan fingerprint density at radius 2 is 2.27 bits per heavy atom. The van der Waals surface area contributed by atoms with Crippen LogP contribution < -0.4 is 11.3 Å². The summed E-state index contributed by atoms with van der Waals surface area (Å²) in [4.78, 5) is 39.9. The fourth-order valence-electron chi connectivity index (χ4n) is 3.02. The zero-order valence-corrected chi connectivity index (χ0v) is 14.2. The highest BCUT2D eigenvalue weighted by molar-refractivity contribution is 7.46. The van der Waals surface area contributed by atoms with Gasteiger partial charge in [-0.05, 0) is 0 Å². The van der Waals surface area contributed by atoms with E-state index in [1.807, 2.05) is 0 Å². The maximum atomic E-state index is 11.9. The van der Waals surface area contributed by atoms with Gasteiger partial charge in [-0.3, -0.25) is 18.9 Å². The van der Waals surface area contributed by atoms with E-state index in [1.165, 1.54) is 10.9 Å². The number of anilines is 1. The third-order valence-electron chi connectivity index (χ3n) is 4.10. The van der Waals surface area contributed by atoms with E-state index < -0.39 is 37.9 Å². The molecular formula is C12H18N5O8P. The van der Waals surface area contributed by atoms with Crippen LogP contribution in [0.3, 0.4) is 0 Å². The molecule has 3 rings (SSSR count). The number of aromatic amines is 1. The van der Waals surface area contributed by atoms with Crippen LogP contribution in [0, 0.1) is 0 Å². The number of aliphatic hydroxyl groups excluding tert-OH is 2. The lowest BCUT2D eigenvalue weighted by Crippen LogP contribution is -2.35. The highest BCUT2D eigenvalue weighted by Gasteiger charge is 2.48. The molecule has 0 aliphatic carbocycles. The van der Waals surface area contributed by atoms with Crippen LogP contribution in [0.2, 0.25) is 0 Å². The number of aromatic nitrogens is 4. The van der Waals surface area contributed by atoms with E-state index in [9.17, 15) is 19.6 Å². The lowest BCUT2D eigenvalue weighted by atomic mass is 10.0. The first-order valence-corrected chi connectivity index (χ1v) is 9.08. The Bertz CT molecular complexity index is 909. The Balaban J connectivity index is 2.00. The Labute approximate surface area is 145 Å². The number of imidazole rings is 1. The molecule has 13 nitrogen and oxygen atoms in total. The fourth-order valence-corrected chi connectivity index (χ4v) is 3.36. The van der Waals surface area contributed by atoms with Crippen LogP contribution in [0.25, 0.3) is 11.2 Å². The van der Waals surface area contributed by atoms with Crippen molar-refractivity contribution in [3.05, 3.63) is 16.7 Å². The average molecular weight is 391 g/mol. The lowest BCUT2D eigenvalue weighted by Gasteiger charge is -2.30. The molecule has 1 aliphatic rings. The van der Waals surface area contributed by atoms with Gasteiger partial charge < -0.3 is 30.5 Å². The molecular weight excluding hydrogens is 373 g/mol. The van der Waals surface area contributed by atoms with Crippen LogP contribution in [-0.2, 0) is 19.6 Å². The average Bonchev–Trinajstić information content (AvgIpc) is 3.07. The Kier molecular flexibility index (Phi) is 4.88. The Morgan fingerprint density at radius 1 is 1.54 bits per heavy atom. The second-order valence-electron chi connectivity index (χ2n) is 5.87. The molecule has 1 aliphatic heterocycles. The van der Waals surface area contributed by atoms with Gasteiger partial charge in [0.1, 0.15) is 6.10 Å². The van der Waals surface area contributed by atoms with E-state index in [0.29, 0.717) is 0 Å². The van der Waals surface area contributed by atoms with Crippen LogP contribution in [0.4, 0.5) is 5.95 Å². The summed E-state index contributed by atoms with van der Waals surface area (Å²) in [6, 6.07) is 0. The third kappa shape index (κ3) is 3.50. The first-order chi connectivity index (χ1) is 12.1. The van der Waals surface area contributed by atoms with Crippen molar-refractivity contribution in [2.24, 2.45) is 0 Å². The van der Waals surface area contributed by atoms with Crippen LogP contribution >= 0.6 is 7.82 Å². The molecule has 26 heavy (non-hydrogen) atoms. The molecule has 0 amide bonds. The summed E-state index contributed by atoms with van der Waals surface area (Å²) < 4.78 is 22.4. The zero-order chi connectivity index (χ0) is 19.1. The van der Waals surface area contributed by atoms with Crippen molar-refractivity contribution in [2.75, 3.05) is 18.9 Å². The summed E-state index contributed by atoms with van der Waals surface area (Å²) >= 11 is 0. The van der Waals surface area contributed by atoms with Crippen molar-refractivity contribution in [1.82, 2.24) is 19.5 Å². The van der Waals surface area contributed by atoms with Crippen LogP contribution in [0.1, 0.15) is 12.8 Å². The second-order valence-corrected chi connectivity index (χ2v) is 7.11. The van der Waals surface area contributed by atoms with Crippen molar-refractivity contribution in [3.8, 4) is 0 Å². The predicted octanol–water partition coefficient (Wildman–Crippen LogP) is -2.00. The topological polar surface area (TPSA) is 206 Å². The number of ether oxygens (including phenoxy) is 1. The van der Waals surface area contributed by atoms with E-state index >= 15 is 0 Å². The molecule has 1 fully saturated rings. The molecule has 0 saturated carbocycles. The van der Waals surface area contributed by atoms with Crippen LogP contribution in [-0.4, -0.2) is 64.9 Å². The highest BCUT2D eigenvalue weighted by Crippen LogP contribution is 2.42. The maximum absolute atomic E-state index is 11.9. The minimum absolute atomic E-state index is 0.00366. The van der Waals surface area contributed by atoms with Gasteiger partial charge in [0.05, 0.1) is 19.0 Å². The standard InChI is InChI=1S/C12H18N5O8P/c13-11-15-9-8(10(20)16-11)14-5-17(9)12(1-2-18)3-6(19)7(25-12)4-24-26(21,22)23/h5-7,18-19H,1-4H2,(H2,21,22,23)(H3,13,15,16,20)/t6-,7+,12+/m0/s1. The number of nitrogens with one attached hydrogen (secondary N) is 1. The molecule has 144 valence electrons. The van der Waals surface area contributed by atoms with E-state index in [2.05, 4.69) is 19.5 Å². The Hall–Kier alpha value is -1.86. The molecule has 2 aromatic heterocycles. The van der Waals surface area contributed by atoms with Gasteiger partial charge in [0.25, 0.3) is 5.56 Å². The largest absolute Gasteiger partial charge is 0.469 e. The predicted molar refractivity (Wildman–Crippen MR) is 85.7 cm³/mol. The monoisotopic (exact) mass is 391 g/mol. The molecule has 3 heterocycles. The molecule has 0 spiro atoms. The van der Waals surface area contributed by atoms with Crippen molar-refractivity contribution >= 4 is 24.9 Å². The summed E-state index contributed by atoms with van der Waals surface area (Å²) in [5.74, 6) is -0.150. The van der Waals surface area contributed by atoms with Gasteiger partial charge in [-0.1, -0.05) is 0 Å². The van der Waals surface area contributed by atoms with E-state index in [0.717, 1.165) is 0 Å². The van der Waals surface area contributed by atoms with E-state index in [4.69, 9.17) is 20.3 Å². The van der Waals surface area contributed by atoms with Crippen LogP contribution in [0.5, 0.6) is 0 Å². The lowest BCUT2D eigenvalue weighted by molar-refractivity contribution is -0.123. The van der Waals surface area contributed by atoms with Crippen LogP contribution in [0.15, 0.2) is 11.1 Å². The van der Waals surface area contributed by atoms with Crippen molar-refractivity contribution in [2.45, 2.75) is 30.8 Å². The highest BCUT2D eigenvalue weighted by atomic mass is 31.2. The summed E-state index contributed by atoms with van der Waals surface area (Å²) in [5.41, 5.74) is 3.73. The maximum Gasteiger partial charge on any atom is 0.469 e. The molecule has 3 atom stereocenters. The zero-order valence-electron chi connectivity index (χ0n) is 13.3. The van der Waals surface area contributed by atoms with Crippen molar-refractivity contribution < 1.29 is 33.8 Å². The van der Waals surface area contributed by atoms with Gasteiger partial charge in [0.15, 0.2) is 16.9 Å². The van der Waals surface area contributed by atoms with Gasteiger partial charge in [-0.25, -0.2) is 9.55 Å². The number of H-pyrrole nitrogens is 1. The number of hydrogen-bond acceptors (Lipinski definition) is 9. The molecule has 0 aromatic carbocycles. The number of phosphoric ester groups is 1.